The number of methoxy groups -OCH3 is 2. The number of carbonyl (C=O) groups is 8. The van der Waals surface area contributed by atoms with Gasteiger partial charge in [-0.2, -0.15) is 0 Å². The quantitative estimate of drug-likeness (QED) is 0.0236. The van der Waals surface area contributed by atoms with Crippen molar-refractivity contribution in [1.29, 1.82) is 0 Å². The van der Waals surface area contributed by atoms with E-state index in [1.54, 1.807) is 79.4 Å². The number of imide groups is 1. The fourth-order valence-electron chi connectivity index (χ4n) is 14.9. The van der Waals surface area contributed by atoms with E-state index in [0.29, 0.717) is 181 Å². The summed E-state index contributed by atoms with van der Waals surface area (Å²) in [5.41, 5.74) is 5.77. The van der Waals surface area contributed by atoms with Gasteiger partial charge in [0, 0.05) is 94.3 Å². The predicted octanol–water partition coefficient (Wildman–Crippen LogP) is 9.74. The highest BCUT2D eigenvalue weighted by Gasteiger charge is 2.43. The maximum absolute atomic E-state index is 14.2. The van der Waals surface area contributed by atoms with Gasteiger partial charge in [-0.1, -0.05) is 83.4 Å². The number of hydrogen-bond donors (Lipinski definition) is 4. The third-order valence-electron chi connectivity index (χ3n) is 21.5. The molecule has 8 amide bonds. The van der Waals surface area contributed by atoms with Crippen molar-refractivity contribution >= 4 is 87.9 Å². The summed E-state index contributed by atoms with van der Waals surface area (Å²) in [5, 5.41) is 11.2. The minimum absolute atomic E-state index is 0.0117. The molecule has 4 N–H and O–H groups in total. The monoisotopic (exact) mass is 1640 g/mol. The van der Waals surface area contributed by atoms with Gasteiger partial charge >= 0.3 is 0 Å². The molecule has 1 saturated carbocycles. The number of ether oxygens (including phenoxy) is 14. The van der Waals surface area contributed by atoms with E-state index < -0.39 is 23.9 Å². The van der Waals surface area contributed by atoms with Crippen LogP contribution in [-0.2, 0) is 66.7 Å². The number of carbonyl (C=O) groups excluding carboxylic acids is 8. The Morgan fingerprint density at radius 2 is 0.983 bits per heavy atom. The molecular formula is C87H115N9O22. The summed E-state index contributed by atoms with van der Waals surface area (Å²) in [6.07, 6.45) is 20.7. The summed E-state index contributed by atoms with van der Waals surface area (Å²) < 4.78 is 79.4. The first-order valence-electron chi connectivity index (χ1n) is 41.5. The van der Waals surface area contributed by atoms with Crippen molar-refractivity contribution in [2.45, 2.75) is 148 Å². The molecule has 0 spiro atoms. The highest BCUT2D eigenvalue weighted by Crippen LogP contribution is 2.44. The predicted molar refractivity (Wildman–Crippen MR) is 438 cm³/mol. The van der Waals surface area contributed by atoms with Crippen molar-refractivity contribution in [3.05, 3.63) is 101 Å². The normalized spacial score (nSPS) is 18.3. The first kappa shape index (κ1) is 88.9. The maximum Gasteiger partial charge on any atom is 0.260 e. The number of aliphatic imine (C=N–C) groups is 2. The van der Waals surface area contributed by atoms with Crippen LogP contribution in [0.1, 0.15) is 155 Å². The third-order valence-corrected chi connectivity index (χ3v) is 21.5. The lowest BCUT2D eigenvalue weighted by atomic mass is 9.83. The Bertz CT molecular complexity index is 4160. The van der Waals surface area contributed by atoms with Crippen LogP contribution in [-0.4, -0.2) is 252 Å². The summed E-state index contributed by atoms with van der Waals surface area (Å²) in [5.74, 6) is 0.362. The molecule has 11 rings (SSSR count). The van der Waals surface area contributed by atoms with Crippen LogP contribution in [0.2, 0.25) is 0 Å². The Morgan fingerprint density at radius 3 is 1.50 bits per heavy atom. The van der Waals surface area contributed by atoms with Crippen molar-refractivity contribution in [2.75, 3.05) is 158 Å². The highest BCUT2D eigenvalue weighted by molar-refractivity contribution is 6.07. The largest absolute Gasteiger partial charge is 0.493 e. The van der Waals surface area contributed by atoms with Gasteiger partial charge in [0.1, 0.15) is 12.1 Å². The smallest absolute Gasteiger partial charge is 0.260 e. The summed E-state index contributed by atoms with van der Waals surface area (Å²) in [7, 11) is 3.02. The van der Waals surface area contributed by atoms with Crippen molar-refractivity contribution in [2.24, 2.45) is 27.7 Å². The number of amides is 8. The number of anilines is 1. The average Bonchev–Trinajstić information content (AvgIpc) is 1.60. The molecule has 1 unspecified atom stereocenters. The number of hydrogen-bond acceptors (Lipinski definition) is 24. The van der Waals surface area contributed by atoms with Gasteiger partial charge in [0.15, 0.2) is 34.5 Å². The maximum atomic E-state index is 14.2. The Hall–Kier alpha value is -9.86. The Kier molecular flexibility index (Phi) is 35.0. The molecule has 0 bridgehead atoms. The molecule has 1 saturated heterocycles. The molecule has 31 nitrogen and oxygen atoms in total. The first-order chi connectivity index (χ1) is 57.5. The fourth-order valence-corrected chi connectivity index (χ4v) is 14.9. The van der Waals surface area contributed by atoms with Gasteiger partial charge in [0.25, 0.3) is 11.8 Å². The van der Waals surface area contributed by atoms with Crippen LogP contribution in [0.5, 0.6) is 34.5 Å². The molecule has 0 radical (unpaired) electrons. The van der Waals surface area contributed by atoms with Crippen LogP contribution in [0.4, 0.5) is 17.1 Å². The summed E-state index contributed by atoms with van der Waals surface area (Å²) >= 11 is 0. The molecular weight excluding hydrogens is 1520 g/mol. The van der Waals surface area contributed by atoms with Gasteiger partial charge < -0.3 is 97.4 Å². The van der Waals surface area contributed by atoms with Gasteiger partial charge in [-0.15, -0.1) is 0 Å². The van der Waals surface area contributed by atoms with E-state index in [2.05, 4.69) is 21.3 Å². The van der Waals surface area contributed by atoms with Crippen LogP contribution in [0.25, 0.3) is 11.1 Å². The van der Waals surface area contributed by atoms with E-state index in [-0.39, 0.29) is 124 Å². The van der Waals surface area contributed by atoms with E-state index >= 15 is 0 Å². The summed E-state index contributed by atoms with van der Waals surface area (Å²) in [4.78, 5) is 121. The molecule has 640 valence electrons. The third kappa shape index (κ3) is 25.8. The Labute approximate surface area is 689 Å². The fraction of sp³-hybridized carbons (Fsp3) is 0.563. The summed E-state index contributed by atoms with van der Waals surface area (Å²) in [6.45, 7) is 11.9. The highest BCUT2D eigenvalue weighted by atomic mass is 16.7. The van der Waals surface area contributed by atoms with Gasteiger partial charge in [0.2, 0.25) is 42.2 Å². The molecule has 1 aliphatic carbocycles. The van der Waals surface area contributed by atoms with Crippen LogP contribution in [0.15, 0.2) is 89.1 Å². The zero-order chi connectivity index (χ0) is 83.0. The van der Waals surface area contributed by atoms with E-state index in [9.17, 15) is 38.4 Å². The summed E-state index contributed by atoms with van der Waals surface area (Å²) in [6, 6.07) is 17.2. The SMILES string of the molecule is COc1cc2c(cc1OCCCOc1cc3c(cc1OC)C(=O)N1C=C(c4ccc5c(c4)OCO5)C[C@H]1C=N3)N=C[C@@H]1CC(c3ccc(NC(=O)[C@H](C)NC(=O)[C@@H](NC(=O)CCOCCOCCOCCOCCOCCOCCOCCOCCNC(=O)CCN4C(=O)CC(C5CCCCCCCCCC5)C4=O)C(C)C)cc3)=CN1C2=O. The molecule has 4 aromatic carbocycles. The lowest BCUT2D eigenvalue weighted by Gasteiger charge is -2.24. The molecule has 31 heteroatoms. The molecule has 2 fully saturated rings. The van der Waals surface area contributed by atoms with E-state index in [4.69, 9.17) is 76.3 Å². The second kappa shape index (κ2) is 46.5. The van der Waals surface area contributed by atoms with E-state index in [1.165, 1.54) is 57.6 Å². The topological polar surface area (TPSA) is 348 Å². The molecule has 118 heavy (non-hydrogen) atoms. The Morgan fingerprint density at radius 1 is 0.500 bits per heavy atom. The number of benzene rings is 4. The van der Waals surface area contributed by atoms with Crippen molar-refractivity contribution in [3.63, 3.8) is 0 Å². The molecule has 4 aromatic rings. The van der Waals surface area contributed by atoms with E-state index in [0.717, 1.165) is 48.0 Å². The van der Waals surface area contributed by atoms with Crippen LogP contribution >= 0.6 is 0 Å². The lowest BCUT2D eigenvalue weighted by molar-refractivity contribution is -0.140. The standard InChI is InChI=1S/C87H115N9O22/c1-58(2)82(93-80(98)24-29-107-31-33-109-35-37-111-39-41-113-43-44-114-42-40-112-38-36-110-34-32-108-30-25-88-79(97)23-26-94-81(99)50-68(85(94)102)61-15-12-10-8-6-7-9-11-13-16-61)84(101)91-59(3)83(100)92-65-20-17-60(18-21-65)63-45-66-53-89-71-51-77(74(105-4)48-69(71)86(103)95(66)55-63)115-27-14-28-116-78-52-72-70(49-75(78)106-5)87(104)96-56-64(46-67(96)54-90-72)62-19-22-73-76(47-62)118-57-117-73/h17-22,47-49,51-56,58-59,61,66-68,82H,6-16,23-46,50,57H2,1-5H3,(H,88,97)(H,91,101)(H,92,100)(H,93,98)/t59-,66-,67-,68?,82-/m0/s1. The van der Waals surface area contributed by atoms with Crippen molar-refractivity contribution in [3.8, 4) is 34.5 Å². The van der Waals surface area contributed by atoms with Crippen LogP contribution in [0, 0.1) is 17.8 Å². The molecule has 5 atom stereocenters. The zero-order valence-corrected chi connectivity index (χ0v) is 68.6. The number of rotatable bonds is 47. The number of nitrogens with zero attached hydrogens (tertiary/aromatic N) is 5. The second-order valence-corrected chi connectivity index (χ2v) is 30.2. The van der Waals surface area contributed by atoms with Crippen molar-refractivity contribution in [1.82, 2.24) is 30.7 Å². The lowest BCUT2D eigenvalue weighted by Crippen LogP contribution is -2.53. The van der Waals surface area contributed by atoms with Crippen molar-refractivity contribution < 1.29 is 105 Å². The Balaban J connectivity index is 0.476. The average molecular weight is 1640 g/mol. The van der Waals surface area contributed by atoms with Crippen LogP contribution in [0.3, 0.4) is 0 Å². The number of likely N-dealkylation sites (tertiary alicyclic amines) is 1. The number of nitrogens with one attached hydrogen (secondary N) is 4. The molecule has 0 aromatic heterocycles. The zero-order valence-electron chi connectivity index (χ0n) is 68.6. The molecule has 7 aliphatic rings. The number of fused-ring (bicyclic) bond motifs is 5. The minimum atomic E-state index is -0.945. The van der Waals surface area contributed by atoms with Gasteiger partial charge in [0.05, 0.1) is 174 Å². The van der Waals surface area contributed by atoms with Gasteiger partial charge in [-0.05, 0) is 90.3 Å². The molecule has 6 heterocycles. The van der Waals surface area contributed by atoms with Gasteiger partial charge in [-0.3, -0.25) is 53.2 Å². The second-order valence-electron chi connectivity index (χ2n) is 30.2. The van der Waals surface area contributed by atoms with Crippen LogP contribution < -0.4 is 49.7 Å². The molecule has 6 aliphatic heterocycles. The first-order valence-corrected chi connectivity index (χ1v) is 41.5. The van der Waals surface area contributed by atoms with E-state index in [1.807, 2.05) is 42.7 Å². The van der Waals surface area contributed by atoms with Gasteiger partial charge in [-0.25, -0.2) is 0 Å². The minimum Gasteiger partial charge on any atom is -0.493 e.